The van der Waals surface area contributed by atoms with Crippen LogP contribution in [0.2, 0.25) is 0 Å². The molecule has 2 aromatic heterocycles. The molecule has 2 heterocycles. The second-order valence-corrected chi connectivity index (χ2v) is 6.82. The molecule has 0 unspecified atom stereocenters. The Morgan fingerprint density at radius 2 is 1.78 bits per heavy atom. The van der Waals surface area contributed by atoms with Gasteiger partial charge in [-0.05, 0) is 55.7 Å². The monoisotopic (exact) mass is 362 g/mol. The first-order valence-corrected chi connectivity index (χ1v) is 9.40. The first-order chi connectivity index (χ1) is 13.1. The van der Waals surface area contributed by atoms with Crippen LogP contribution in [-0.4, -0.2) is 32.5 Å². The van der Waals surface area contributed by atoms with E-state index in [4.69, 9.17) is 0 Å². The maximum atomic E-state index is 13.1. The second kappa shape index (κ2) is 8.62. The SMILES string of the molecule is CCCCN(Cc1ccncc1)C(=O)c1ccc(-c2c(C)n[nH]c2C)cc1. The lowest BCUT2D eigenvalue weighted by Crippen LogP contribution is -2.31. The van der Waals surface area contributed by atoms with Crippen LogP contribution in [0.5, 0.6) is 0 Å². The van der Waals surface area contributed by atoms with E-state index in [2.05, 4.69) is 22.1 Å². The largest absolute Gasteiger partial charge is 0.334 e. The van der Waals surface area contributed by atoms with Crippen LogP contribution in [0, 0.1) is 13.8 Å². The quantitative estimate of drug-likeness (QED) is 0.671. The molecule has 3 aromatic rings. The number of carbonyl (C=O) groups is 1. The van der Waals surface area contributed by atoms with Crippen molar-refractivity contribution in [2.75, 3.05) is 6.54 Å². The Kier molecular flexibility index (Phi) is 6.01. The smallest absolute Gasteiger partial charge is 0.254 e. The minimum atomic E-state index is 0.0625. The van der Waals surface area contributed by atoms with E-state index >= 15 is 0 Å². The van der Waals surface area contributed by atoms with Gasteiger partial charge in [-0.1, -0.05) is 25.5 Å². The molecule has 0 atom stereocenters. The van der Waals surface area contributed by atoms with Gasteiger partial charge < -0.3 is 4.90 Å². The van der Waals surface area contributed by atoms with Gasteiger partial charge in [0.2, 0.25) is 0 Å². The van der Waals surface area contributed by atoms with Gasteiger partial charge in [0, 0.05) is 42.3 Å². The number of benzene rings is 1. The summed E-state index contributed by atoms with van der Waals surface area (Å²) in [5.41, 5.74) is 5.99. The van der Waals surface area contributed by atoms with E-state index in [0.29, 0.717) is 12.1 Å². The number of aryl methyl sites for hydroxylation is 2. The van der Waals surface area contributed by atoms with E-state index < -0.39 is 0 Å². The van der Waals surface area contributed by atoms with Gasteiger partial charge in [-0.25, -0.2) is 0 Å². The third-order valence-electron chi connectivity index (χ3n) is 4.74. The van der Waals surface area contributed by atoms with Crippen molar-refractivity contribution in [3.05, 3.63) is 71.3 Å². The summed E-state index contributed by atoms with van der Waals surface area (Å²) in [6.07, 6.45) is 5.57. The lowest BCUT2D eigenvalue weighted by atomic mass is 10.0. The summed E-state index contributed by atoms with van der Waals surface area (Å²) < 4.78 is 0. The van der Waals surface area contributed by atoms with Crippen molar-refractivity contribution in [3.8, 4) is 11.1 Å². The highest BCUT2D eigenvalue weighted by Crippen LogP contribution is 2.25. The molecule has 0 spiro atoms. The van der Waals surface area contributed by atoms with Crippen LogP contribution in [0.15, 0.2) is 48.8 Å². The molecule has 140 valence electrons. The van der Waals surface area contributed by atoms with Crippen LogP contribution in [0.4, 0.5) is 0 Å². The standard InChI is InChI=1S/C22H26N4O/c1-4-5-14-26(15-18-10-12-23-13-11-18)22(27)20-8-6-19(7-9-20)21-16(2)24-25-17(21)3/h6-13H,4-5,14-15H2,1-3H3,(H,24,25). The number of carbonyl (C=O) groups excluding carboxylic acids is 1. The van der Waals surface area contributed by atoms with E-state index in [1.54, 1.807) is 12.4 Å². The van der Waals surface area contributed by atoms with Crippen molar-refractivity contribution in [3.63, 3.8) is 0 Å². The molecule has 0 aliphatic carbocycles. The molecule has 0 saturated heterocycles. The summed E-state index contributed by atoms with van der Waals surface area (Å²) in [5.74, 6) is 0.0625. The van der Waals surface area contributed by atoms with Gasteiger partial charge in [0.05, 0.1) is 5.69 Å². The highest BCUT2D eigenvalue weighted by atomic mass is 16.2. The van der Waals surface area contributed by atoms with Crippen LogP contribution in [0.25, 0.3) is 11.1 Å². The van der Waals surface area contributed by atoms with E-state index in [1.165, 1.54) is 0 Å². The first kappa shape index (κ1) is 18.8. The van der Waals surface area contributed by atoms with Gasteiger partial charge in [-0.15, -0.1) is 0 Å². The van der Waals surface area contributed by atoms with Gasteiger partial charge in [0.25, 0.3) is 5.91 Å². The molecule has 27 heavy (non-hydrogen) atoms. The molecule has 0 fully saturated rings. The summed E-state index contributed by atoms with van der Waals surface area (Å²) >= 11 is 0. The first-order valence-electron chi connectivity index (χ1n) is 9.40. The second-order valence-electron chi connectivity index (χ2n) is 6.82. The summed E-state index contributed by atoms with van der Waals surface area (Å²) in [5, 5.41) is 7.26. The van der Waals surface area contributed by atoms with Crippen LogP contribution in [-0.2, 0) is 6.54 Å². The Morgan fingerprint density at radius 1 is 1.07 bits per heavy atom. The molecular weight excluding hydrogens is 336 g/mol. The zero-order valence-electron chi connectivity index (χ0n) is 16.2. The average Bonchev–Trinajstić information content (AvgIpc) is 3.04. The van der Waals surface area contributed by atoms with Crippen molar-refractivity contribution in [2.24, 2.45) is 0 Å². The fourth-order valence-corrected chi connectivity index (χ4v) is 3.25. The molecule has 5 nitrogen and oxygen atoms in total. The maximum Gasteiger partial charge on any atom is 0.254 e. The summed E-state index contributed by atoms with van der Waals surface area (Å²) in [7, 11) is 0. The number of amides is 1. The normalized spacial score (nSPS) is 10.8. The fourth-order valence-electron chi connectivity index (χ4n) is 3.25. The highest BCUT2D eigenvalue weighted by Gasteiger charge is 2.17. The van der Waals surface area contributed by atoms with Gasteiger partial charge in [-0.2, -0.15) is 5.10 Å². The zero-order valence-corrected chi connectivity index (χ0v) is 16.2. The number of nitrogens with one attached hydrogen (secondary N) is 1. The highest BCUT2D eigenvalue weighted by molar-refractivity contribution is 5.94. The van der Waals surface area contributed by atoms with Crippen LogP contribution in [0.3, 0.4) is 0 Å². The Morgan fingerprint density at radius 3 is 2.37 bits per heavy atom. The molecule has 1 amide bonds. The maximum absolute atomic E-state index is 13.1. The van der Waals surface area contributed by atoms with E-state index in [1.807, 2.05) is 55.1 Å². The van der Waals surface area contributed by atoms with Crippen molar-refractivity contribution in [1.29, 1.82) is 0 Å². The number of pyridine rings is 1. The summed E-state index contributed by atoms with van der Waals surface area (Å²) in [4.78, 5) is 19.1. The minimum Gasteiger partial charge on any atom is -0.334 e. The topological polar surface area (TPSA) is 61.9 Å². The number of H-pyrrole nitrogens is 1. The predicted molar refractivity (Wildman–Crippen MR) is 107 cm³/mol. The molecule has 0 bridgehead atoms. The summed E-state index contributed by atoms with van der Waals surface area (Å²) in [6, 6.07) is 11.7. The molecular formula is C22H26N4O. The Hall–Kier alpha value is -2.95. The Labute approximate surface area is 160 Å². The molecule has 1 N–H and O–H groups in total. The number of aromatic nitrogens is 3. The number of hydrogen-bond donors (Lipinski definition) is 1. The van der Waals surface area contributed by atoms with Gasteiger partial charge in [0.1, 0.15) is 0 Å². The van der Waals surface area contributed by atoms with Crippen molar-refractivity contribution in [1.82, 2.24) is 20.1 Å². The zero-order chi connectivity index (χ0) is 19.2. The van der Waals surface area contributed by atoms with Gasteiger partial charge in [0.15, 0.2) is 0 Å². The number of unbranched alkanes of at least 4 members (excludes halogenated alkanes) is 1. The lowest BCUT2D eigenvalue weighted by Gasteiger charge is -2.23. The fraction of sp³-hybridized carbons (Fsp3) is 0.318. The van der Waals surface area contributed by atoms with Gasteiger partial charge in [-0.3, -0.25) is 14.9 Å². The number of hydrogen-bond acceptors (Lipinski definition) is 3. The molecule has 0 saturated carbocycles. The molecule has 0 radical (unpaired) electrons. The molecule has 0 aliphatic heterocycles. The van der Waals surface area contributed by atoms with Crippen molar-refractivity contribution >= 4 is 5.91 Å². The molecule has 0 aliphatic rings. The molecule has 3 rings (SSSR count). The van der Waals surface area contributed by atoms with Crippen LogP contribution >= 0.6 is 0 Å². The van der Waals surface area contributed by atoms with Crippen LogP contribution < -0.4 is 0 Å². The Balaban J connectivity index is 1.81. The van der Waals surface area contributed by atoms with Crippen LogP contribution in [0.1, 0.15) is 47.1 Å². The molecule has 5 heteroatoms. The van der Waals surface area contributed by atoms with Crippen molar-refractivity contribution in [2.45, 2.75) is 40.2 Å². The number of nitrogens with zero attached hydrogens (tertiary/aromatic N) is 3. The predicted octanol–water partition coefficient (Wildman–Crippen LogP) is 4.53. The summed E-state index contributed by atoms with van der Waals surface area (Å²) in [6.45, 7) is 7.48. The average molecular weight is 362 g/mol. The minimum absolute atomic E-state index is 0.0625. The lowest BCUT2D eigenvalue weighted by molar-refractivity contribution is 0.0741. The van der Waals surface area contributed by atoms with Gasteiger partial charge >= 0.3 is 0 Å². The Bertz CT molecular complexity index is 865. The number of rotatable bonds is 7. The van der Waals surface area contributed by atoms with E-state index in [-0.39, 0.29) is 5.91 Å². The third-order valence-corrected chi connectivity index (χ3v) is 4.74. The number of aromatic amines is 1. The van der Waals surface area contributed by atoms with Crippen molar-refractivity contribution < 1.29 is 4.79 Å². The van der Waals surface area contributed by atoms with E-state index in [9.17, 15) is 4.79 Å². The molecule has 1 aromatic carbocycles. The third kappa shape index (κ3) is 4.42. The van der Waals surface area contributed by atoms with E-state index in [0.717, 1.165) is 47.5 Å².